The van der Waals surface area contributed by atoms with Crippen LogP contribution in [0.2, 0.25) is 0 Å². The van der Waals surface area contributed by atoms with E-state index in [4.69, 9.17) is 9.47 Å². The van der Waals surface area contributed by atoms with Crippen molar-refractivity contribution in [1.82, 2.24) is 0 Å². The van der Waals surface area contributed by atoms with Crippen molar-refractivity contribution in [3.05, 3.63) is 97.8 Å². The summed E-state index contributed by atoms with van der Waals surface area (Å²) in [6.45, 7) is 0.0157. The Bertz CT molecular complexity index is 1180. The van der Waals surface area contributed by atoms with Crippen LogP contribution in [0.15, 0.2) is 65.8 Å². The van der Waals surface area contributed by atoms with Gasteiger partial charge in [-0.05, 0) is 35.9 Å². The van der Waals surface area contributed by atoms with Gasteiger partial charge in [0, 0.05) is 11.6 Å². The summed E-state index contributed by atoms with van der Waals surface area (Å²) in [5.41, 5.74) is 2.60. The second kappa shape index (κ2) is 9.98. The minimum absolute atomic E-state index is 0.00587. The molecule has 3 aromatic carbocycles. The molecule has 0 amide bonds. The average molecular weight is 440 g/mol. The standard InChI is InChI=1S/C21H17FN4O6/c1-31-21-10-14(6-9-20(21)32-13-15-4-2-3-5-17(15)22)12-23-24-18-8-7-16(25(27)28)11-19(18)26(29)30/h2-12,24H,13H2,1H3/b23-12-. The van der Waals surface area contributed by atoms with E-state index in [0.29, 0.717) is 22.6 Å². The van der Waals surface area contributed by atoms with Gasteiger partial charge in [-0.25, -0.2) is 4.39 Å². The molecule has 3 aromatic rings. The van der Waals surface area contributed by atoms with Crippen LogP contribution in [0.4, 0.5) is 21.5 Å². The van der Waals surface area contributed by atoms with E-state index in [1.54, 1.807) is 36.4 Å². The van der Waals surface area contributed by atoms with Crippen molar-refractivity contribution >= 4 is 23.3 Å². The van der Waals surface area contributed by atoms with E-state index < -0.39 is 21.2 Å². The predicted molar refractivity (Wildman–Crippen MR) is 115 cm³/mol. The zero-order valence-corrected chi connectivity index (χ0v) is 16.7. The van der Waals surface area contributed by atoms with Crippen LogP contribution in [0.5, 0.6) is 11.5 Å². The van der Waals surface area contributed by atoms with Crippen molar-refractivity contribution in [3.63, 3.8) is 0 Å². The van der Waals surface area contributed by atoms with Crippen molar-refractivity contribution in [2.75, 3.05) is 12.5 Å². The topological polar surface area (TPSA) is 129 Å². The molecule has 0 aliphatic heterocycles. The molecule has 0 bridgehead atoms. The molecular formula is C21H17FN4O6. The second-order valence-corrected chi connectivity index (χ2v) is 6.38. The van der Waals surface area contributed by atoms with Crippen LogP contribution < -0.4 is 14.9 Å². The van der Waals surface area contributed by atoms with Crippen LogP contribution in [0.3, 0.4) is 0 Å². The maximum absolute atomic E-state index is 13.7. The van der Waals surface area contributed by atoms with E-state index >= 15 is 0 Å². The Balaban J connectivity index is 1.72. The number of rotatable bonds is 9. The third-order valence-electron chi connectivity index (χ3n) is 4.32. The van der Waals surface area contributed by atoms with Gasteiger partial charge in [0.15, 0.2) is 11.5 Å². The molecule has 0 unspecified atom stereocenters. The number of methoxy groups -OCH3 is 1. The minimum atomic E-state index is -0.740. The molecule has 0 spiro atoms. The van der Waals surface area contributed by atoms with Gasteiger partial charge >= 0.3 is 5.69 Å². The molecule has 0 radical (unpaired) electrons. The molecule has 0 saturated carbocycles. The Morgan fingerprint density at radius 3 is 2.50 bits per heavy atom. The Morgan fingerprint density at radius 2 is 1.81 bits per heavy atom. The lowest BCUT2D eigenvalue weighted by Gasteiger charge is -2.11. The number of non-ortho nitro benzene ring substituents is 1. The van der Waals surface area contributed by atoms with Gasteiger partial charge in [-0.15, -0.1) is 0 Å². The molecule has 0 saturated heterocycles. The van der Waals surface area contributed by atoms with Crippen molar-refractivity contribution in [2.24, 2.45) is 5.10 Å². The van der Waals surface area contributed by atoms with Gasteiger partial charge in [0.25, 0.3) is 5.69 Å². The molecule has 0 aromatic heterocycles. The van der Waals surface area contributed by atoms with Crippen molar-refractivity contribution in [3.8, 4) is 11.5 Å². The van der Waals surface area contributed by atoms with Gasteiger partial charge in [-0.2, -0.15) is 5.10 Å². The molecular weight excluding hydrogens is 423 g/mol. The van der Waals surface area contributed by atoms with Gasteiger partial charge in [0.05, 0.1) is 29.2 Å². The van der Waals surface area contributed by atoms with E-state index in [1.807, 2.05) is 0 Å². The summed E-state index contributed by atoms with van der Waals surface area (Å²) in [6.07, 6.45) is 1.38. The van der Waals surface area contributed by atoms with E-state index in [-0.39, 0.29) is 18.1 Å². The second-order valence-electron chi connectivity index (χ2n) is 6.38. The van der Waals surface area contributed by atoms with Crippen LogP contribution in [-0.4, -0.2) is 23.2 Å². The highest BCUT2D eigenvalue weighted by atomic mass is 19.1. The van der Waals surface area contributed by atoms with Crippen molar-refractivity contribution in [2.45, 2.75) is 6.61 Å². The van der Waals surface area contributed by atoms with E-state index in [2.05, 4.69) is 10.5 Å². The lowest BCUT2D eigenvalue weighted by atomic mass is 10.2. The number of anilines is 1. The van der Waals surface area contributed by atoms with Crippen molar-refractivity contribution < 1.29 is 23.7 Å². The molecule has 3 rings (SSSR count). The number of nitrogens with zero attached hydrogens (tertiary/aromatic N) is 3. The monoisotopic (exact) mass is 440 g/mol. The molecule has 32 heavy (non-hydrogen) atoms. The quantitative estimate of drug-likeness (QED) is 0.291. The fourth-order valence-electron chi connectivity index (χ4n) is 2.71. The van der Waals surface area contributed by atoms with Gasteiger partial charge < -0.3 is 9.47 Å². The average Bonchev–Trinajstić information content (AvgIpc) is 2.78. The number of hydrogen-bond acceptors (Lipinski definition) is 8. The van der Waals surface area contributed by atoms with Crippen LogP contribution >= 0.6 is 0 Å². The smallest absolute Gasteiger partial charge is 0.301 e. The molecule has 10 nitrogen and oxygen atoms in total. The summed E-state index contributed by atoms with van der Waals surface area (Å²) in [4.78, 5) is 20.5. The fraction of sp³-hybridized carbons (Fsp3) is 0.0952. The van der Waals surface area contributed by atoms with Gasteiger partial charge in [0.1, 0.15) is 18.1 Å². The number of nitro groups is 2. The Morgan fingerprint density at radius 1 is 1.03 bits per heavy atom. The molecule has 0 atom stereocenters. The highest BCUT2D eigenvalue weighted by Gasteiger charge is 2.19. The highest BCUT2D eigenvalue weighted by molar-refractivity contribution is 5.82. The summed E-state index contributed by atoms with van der Waals surface area (Å²) < 4.78 is 24.7. The zero-order valence-electron chi connectivity index (χ0n) is 16.7. The first-order valence-corrected chi connectivity index (χ1v) is 9.15. The number of hydrogen-bond donors (Lipinski definition) is 1. The molecule has 164 valence electrons. The molecule has 0 heterocycles. The third-order valence-corrected chi connectivity index (χ3v) is 4.32. The first kappa shape index (κ1) is 22.2. The van der Waals surface area contributed by atoms with Crippen molar-refractivity contribution in [1.29, 1.82) is 0 Å². The molecule has 0 fully saturated rings. The molecule has 0 aliphatic carbocycles. The molecule has 0 aliphatic rings. The number of benzene rings is 3. The Hall–Kier alpha value is -4.54. The van der Waals surface area contributed by atoms with Gasteiger partial charge in [0.2, 0.25) is 0 Å². The van der Waals surface area contributed by atoms with E-state index in [9.17, 15) is 24.6 Å². The third kappa shape index (κ3) is 5.33. The highest BCUT2D eigenvalue weighted by Crippen LogP contribution is 2.30. The van der Waals surface area contributed by atoms with E-state index in [1.165, 1.54) is 25.5 Å². The fourth-order valence-corrected chi connectivity index (χ4v) is 2.71. The maximum atomic E-state index is 13.7. The molecule has 11 heteroatoms. The normalized spacial score (nSPS) is 10.7. The SMILES string of the molecule is COc1cc(/C=N\Nc2ccc([N+](=O)[O-])cc2[N+](=O)[O-])ccc1OCc1ccccc1F. The van der Waals surface area contributed by atoms with Crippen LogP contribution in [0, 0.1) is 26.0 Å². The van der Waals surface area contributed by atoms with Crippen LogP contribution in [0.1, 0.15) is 11.1 Å². The summed E-state index contributed by atoms with van der Waals surface area (Å²) in [7, 11) is 1.45. The Labute approximate surface area is 181 Å². The van der Waals surface area contributed by atoms with Gasteiger partial charge in [-0.1, -0.05) is 18.2 Å². The Kier molecular flexibility index (Phi) is 6.91. The zero-order chi connectivity index (χ0) is 23.1. The number of halogens is 1. The lowest BCUT2D eigenvalue weighted by molar-refractivity contribution is -0.393. The number of nitro benzene ring substituents is 2. The van der Waals surface area contributed by atoms with Gasteiger partial charge in [-0.3, -0.25) is 25.7 Å². The maximum Gasteiger partial charge on any atom is 0.301 e. The van der Waals surface area contributed by atoms with Crippen LogP contribution in [-0.2, 0) is 6.61 Å². The summed E-state index contributed by atoms with van der Waals surface area (Å²) in [5, 5.41) is 25.9. The number of nitrogens with one attached hydrogen (secondary N) is 1. The first-order valence-electron chi connectivity index (χ1n) is 9.15. The molecule has 1 N–H and O–H groups in total. The number of hydrazone groups is 1. The van der Waals surface area contributed by atoms with E-state index in [0.717, 1.165) is 12.1 Å². The first-order chi connectivity index (χ1) is 15.4. The van der Waals surface area contributed by atoms with Crippen LogP contribution in [0.25, 0.3) is 0 Å². The largest absolute Gasteiger partial charge is 0.493 e. The predicted octanol–water partition coefficient (Wildman–Crippen LogP) is 4.68. The summed E-state index contributed by atoms with van der Waals surface area (Å²) >= 11 is 0. The summed E-state index contributed by atoms with van der Waals surface area (Å²) in [6, 6.07) is 14.3. The lowest BCUT2D eigenvalue weighted by Crippen LogP contribution is -2.01. The summed E-state index contributed by atoms with van der Waals surface area (Å²) in [5.74, 6) is 0.403. The number of ether oxygens (including phenoxy) is 2. The minimum Gasteiger partial charge on any atom is -0.493 e.